The van der Waals surface area contributed by atoms with E-state index in [1.165, 1.54) is 23.5 Å². The lowest BCUT2D eigenvalue weighted by Crippen LogP contribution is -2.42. The molecule has 0 spiro atoms. The molecule has 0 bridgehead atoms. The average Bonchev–Trinajstić information content (AvgIpc) is 3.09. The third-order valence-electron chi connectivity index (χ3n) is 3.37. The number of rotatable bonds is 6. The van der Waals surface area contributed by atoms with Gasteiger partial charge in [0.05, 0.1) is 4.90 Å². The number of benzene rings is 1. The zero-order valence-electron chi connectivity index (χ0n) is 13.4. The van der Waals surface area contributed by atoms with Gasteiger partial charge in [-0.2, -0.15) is 0 Å². The Hall–Kier alpha value is -2.26. The van der Waals surface area contributed by atoms with Crippen LogP contribution >= 0.6 is 11.3 Å². The molecular weight excluding hydrogens is 367 g/mol. The van der Waals surface area contributed by atoms with Crippen LogP contribution in [0.15, 0.2) is 46.7 Å². The first-order chi connectivity index (χ1) is 11.9. The van der Waals surface area contributed by atoms with Crippen LogP contribution in [0.3, 0.4) is 0 Å². The van der Waals surface area contributed by atoms with Crippen molar-refractivity contribution >= 4 is 33.0 Å². The molecule has 0 unspecified atom stereocenters. The van der Waals surface area contributed by atoms with Gasteiger partial charge in [0, 0.05) is 18.0 Å². The first kappa shape index (κ1) is 19.1. The smallest absolute Gasteiger partial charge is 0.309 e. The first-order valence-corrected chi connectivity index (χ1v) is 9.87. The summed E-state index contributed by atoms with van der Waals surface area (Å²) in [5.74, 6) is -2.28. The van der Waals surface area contributed by atoms with E-state index in [0.29, 0.717) is 4.88 Å². The van der Waals surface area contributed by atoms with Crippen LogP contribution in [0.5, 0.6) is 0 Å². The normalized spacial score (nSPS) is 12.4. The number of hydrogen-bond acceptors (Lipinski definition) is 5. The van der Waals surface area contributed by atoms with Crippen molar-refractivity contribution in [3.63, 3.8) is 0 Å². The van der Waals surface area contributed by atoms with E-state index in [4.69, 9.17) is 0 Å². The Labute approximate surface area is 149 Å². The predicted octanol–water partition coefficient (Wildman–Crippen LogP) is 1.65. The molecule has 6 nitrogen and oxygen atoms in total. The molecule has 0 radical (unpaired) electrons. The van der Waals surface area contributed by atoms with E-state index in [2.05, 4.69) is 10.6 Å². The molecular formula is C16H17FN2O4S2. The minimum Gasteiger partial charge on any atom is -0.348 e. The maximum absolute atomic E-state index is 13.1. The van der Waals surface area contributed by atoms with Crippen molar-refractivity contribution in [2.45, 2.75) is 17.1 Å². The number of thiophene rings is 1. The highest BCUT2D eigenvalue weighted by Gasteiger charge is 2.31. The quantitative estimate of drug-likeness (QED) is 0.585. The molecule has 0 aliphatic rings. The van der Waals surface area contributed by atoms with Gasteiger partial charge >= 0.3 is 11.8 Å². The lowest BCUT2D eigenvalue weighted by atomic mass is 10.3. The third-order valence-corrected chi connectivity index (χ3v) is 6.60. The van der Waals surface area contributed by atoms with Gasteiger partial charge in [0.15, 0.2) is 9.84 Å². The molecule has 2 N–H and O–H groups in total. The molecule has 2 rings (SSSR count). The second-order valence-electron chi connectivity index (χ2n) is 5.07. The highest BCUT2D eigenvalue weighted by atomic mass is 32.2. The Kier molecular flexibility index (Phi) is 6.27. The Balaban J connectivity index is 2.26. The topological polar surface area (TPSA) is 92.3 Å². The van der Waals surface area contributed by atoms with Crippen molar-refractivity contribution in [1.82, 2.24) is 10.6 Å². The molecule has 9 heteroatoms. The van der Waals surface area contributed by atoms with Crippen molar-refractivity contribution in [3.8, 4) is 0 Å². The fourth-order valence-electron chi connectivity index (χ4n) is 2.13. The van der Waals surface area contributed by atoms with E-state index in [9.17, 15) is 22.4 Å². The number of likely N-dealkylation sites (N-methyl/N-ethyl adjacent to an activating group) is 1. The molecule has 0 aliphatic carbocycles. The second kappa shape index (κ2) is 8.21. The van der Waals surface area contributed by atoms with E-state index in [1.54, 1.807) is 24.4 Å². The van der Waals surface area contributed by atoms with Crippen LogP contribution in [-0.2, 0) is 19.4 Å². The number of amides is 2. The van der Waals surface area contributed by atoms with Gasteiger partial charge in [-0.3, -0.25) is 9.59 Å². The molecule has 134 valence electrons. The average molecular weight is 384 g/mol. The Morgan fingerprint density at radius 1 is 1.12 bits per heavy atom. The van der Waals surface area contributed by atoms with Crippen LogP contribution in [0.25, 0.3) is 0 Å². The van der Waals surface area contributed by atoms with Crippen LogP contribution in [-0.4, -0.2) is 33.3 Å². The van der Waals surface area contributed by atoms with Crippen molar-refractivity contribution in [2.24, 2.45) is 0 Å². The van der Waals surface area contributed by atoms with Crippen LogP contribution in [0.2, 0.25) is 0 Å². The maximum atomic E-state index is 13.1. The fourth-order valence-corrected chi connectivity index (χ4v) is 4.92. The largest absolute Gasteiger partial charge is 0.348 e. The number of halogens is 1. The minimum absolute atomic E-state index is 0.0560. The van der Waals surface area contributed by atoms with E-state index >= 15 is 0 Å². The monoisotopic (exact) mass is 384 g/mol. The summed E-state index contributed by atoms with van der Waals surface area (Å²) in [5.41, 5.74) is 0. The summed E-state index contributed by atoms with van der Waals surface area (Å²) < 4.78 is 38.8. The number of sulfone groups is 1. The van der Waals surface area contributed by atoms with Gasteiger partial charge in [-0.05, 0) is 42.6 Å². The summed E-state index contributed by atoms with van der Waals surface area (Å²) in [4.78, 5) is 23.7. The summed E-state index contributed by atoms with van der Waals surface area (Å²) in [6.45, 7) is 1.68. The van der Waals surface area contributed by atoms with Gasteiger partial charge < -0.3 is 10.6 Å². The molecule has 0 saturated carbocycles. The summed E-state index contributed by atoms with van der Waals surface area (Å²) >= 11 is 1.22. The predicted molar refractivity (Wildman–Crippen MR) is 92.3 cm³/mol. The fraction of sp³-hybridized carbons (Fsp3) is 0.250. The molecule has 0 saturated heterocycles. The van der Waals surface area contributed by atoms with Gasteiger partial charge in [0.25, 0.3) is 0 Å². The van der Waals surface area contributed by atoms with Crippen LogP contribution in [0.1, 0.15) is 17.1 Å². The zero-order chi connectivity index (χ0) is 18.4. The summed E-state index contributed by atoms with van der Waals surface area (Å²) in [6, 6.07) is 7.80. The number of nitrogens with one attached hydrogen (secondary N) is 2. The molecule has 0 fully saturated rings. The molecule has 25 heavy (non-hydrogen) atoms. The standard InChI is InChI=1S/C16H17FN2O4S2/c1-2-18-15(20)16(21)19-10-14(13-4-3-9-24-13)25(22,23)12-7-5-11(17)6-8-12/h3-9,14H,2,10H2,1H3,(H,18,20)(H,19,21)/t14-/m0/s1. The van der Waals surface area contributed by atoms with Gasteiger partial charge in [0.2, 0.25) is 0 Å². The lowest BCUT2D eigenvalue weighted by Gasteiger charge is -2.17. The highest BCUT2D eigenvalue weighted by molar-refractivity contribution is 7.91. The molecule has 1 heterocycles. The van der Waals surface area contributed by atoms with Gasteiger partial charge in [-0.25, -0.2) is 12.8 Å². The van der Waals surface area contributed by atoms with Crippen LogP contribution < -0.4 is 10.6 Å². The summed E-state index contributed by atoms with van der Waals surface area (Å²) in [6.07, 6.45) is 0. The summed E-state index contributed by atoms with van der Waals surface area (Å²) in [5, 5.41) is 5.33. The van der Waals surface area contributed by atoms with E-state index < -0.39 is 32.7 Å². The second-order valence-corrected chi connectivity index (χ2v) is 8.18. The zero-order valence-corrected chi connectivity index (χ0v) is 15.0. The lowest BCUT2D eigenvalue weighted by molar-refractivity contribution is -0.139. The summed E-state index contributed by atoms with van der Waals surface area (Å²) in [7, 11) is -3.88. The minimum atomic E-state index is -3.88. The van der Waals surface area contributed by atoms with Gasteiger partial charge in [-0.1, -0.05) is 6.07 Å². The number of hydrogen-bond donors (Lipinski definition) is 2. The Morgan fingerprint density at radius 3 is 2.32 bits per heavy atom. The maximum Gasteiger partial charge on any atom is 0.309 e. The van der Waals surface area contributed by atoms with E-state index in [1.807, 2.05) is 0 Å². The first-order valence-electron chi connectivity index (χ1n) is 7.45. The van der Waals surface area contributed by atoms with Crippen molar-refractivity contribution < 1.29 is 22.4 Å². The third kappa shape index (κ3) is 4.64. The van der Waals surface area contributed by atoms with Crippen molar-refractivity contribution in [3.05, 3.63) is 52.5 Å². The molecule has 1 atom stereocenters. The Morgan fingerprint density at radius 2 is 1.76 bits per heavy atom. The van der Waals surface area contributed by atoms with E-state index in [-0.39, 0.29) is 18.0 Å². The van der Waals surface area contributed by atoms with Crippen LogP contribution in [0.4, 0.5) is 4.39 Å². The van der Waals surface area contributed by atoms with Crippen molar-refractivity contribution in [1.29, 1.82) is 0 Å². The number of carbonyl (C=O) groups excluding carboxylic acids is 2. The Bertz CT molecular complexity index is 834. The highest BCUT2D eigenvalue weighted by Crippen LogP contribution is 2.31. The molecule has 1 aromatic heterocycles. The van der Waals surface area contributed by atoms with Crippen LogP contribution in [0, 0.1) is 5.82 Å². The molecule has 2 aromatic rings. The molecule has 2 amide bonds. The van der Waals surface area contributed by atoms with Gasteiger partial charge in [-0.15, -0.1) is 11.3 Å². The number of carbonyl (C=O) groups is 2. The molecule has 0 aliphatic heterocycles. The molecule has 1 aromatic carbocycles. The SMILES string of the molecule is CCNC(=O)C(=O)NC[C@@H](c1cccs1)S(=O)(=O)c1ccc(F)cc1. The van der Waals surface area contributed by atoms with Gasteiger partial charge in [0.1, 0.15) is 11.1 Å². The van der Waals surface area contributed by atoms with Crippen molar-refractivity contribution in [2.75, 3.05) is 13.1 Å². The van der Waals surface area contributed by atoms with E-state index in [0.717, 1.165) is 12.1 Å².